The number of rotatable bonds is 7. The molecule has 1 aliphatic rings. The van der Waals surface area contributed by atoms with Gasteiger partial charge in [-0.3, -0.25) is 9.59 Å². The number of hydrogen-bond acceptors (Lipinski definition) is 5. The summed E-state index contributed by atoms with van der Waals surface area (Å²) in [5.41, 5.74) is 1.57. The minimum Gasteiger partial charge on any atom is -0.467 e. The van der Waals surface area contributed by atoms with Crippen LogP contribution in [0.3, 0.4) is 0 Å². The van der Waals surface area contributed by atoms with E-state index < -0.39 is 9.84 Å². The first-order chi connectivity index (χ1) is 13.3. The summed E-state index contributed by atoms with van der Waals surface area (Å²) in [7, 11) is -3.70. The first-order valence-electron chi connectivity index (χ1n) is 8.96. The van der Waals surface area contributed by atoms with Crippen molar-refractivity contribution in [2.24, 2.45) is 0 Å². The molecule has 0 fully saturated rings. The summed E-state index contributed by atoms with van der Waals surface area (Å²) in [5.74, 6) is -0.143. The maximum Gasteiger partial charge on any atom is 0.226 e. The topological polar surface area (TPSA) is 96.7 Å². The number of carbonyl (C=O) groups excluding carboxylic acids is 2. The molecule has 0 atom stereocenters. The van der Waals surface area contributed by atoms with Crippen LogP contribution in [0.2, 0.25) is 0 Å². The number of nitrogens with zero attached hydrogens (tertiary/aromatic N) is 1. The third-order valence-corrected chi connectivity index (χ3v) is 7.27. The number of anilines is 1. The van der Waals surface area contributed by atoms with E-state index in [9.17, 15) is 18.0 Å². The van der Waals surface area contributed by atoms with Crippen LogP contribution < -0.4 is 10.2 Å². The molecule has 1 aromatic carbocycles. The molecule has 0 unspecified atom stereocenters. The van der Waals surface area contributed by atoms with Crippen molar-refractivity contribution in [3.05, 3.63) is 46.3 Å². The Balaban J connectivity index is 1.71. The van der Waals surface area contributed by atoms with Crippen molar-refractivity contribution >= 4 is 43.3 Å². The van der Waals surface area contributed by atoms with E-state index >= 15 is 0 Å². The Morgan fingerprint density at radius 3 is 2.79 bits per heavy atom. The normalized spacial score (nSPS) is 13.4. The molecular formula is C19H21BrN2O5S. The molecule has 0 saturated heterocycles. The fraction of sp³-hybridized carbons (Fsp3) is 0.368. The van der Waals surface area contributed by atoms with Crippen LogP contribution in [0.1, 0.15) is 31.1 Å². The molecule has 1 N–H and O–H groups in total. The number of fused-ring (bicyclic) bond motifs is 1. The summed E-state index contributed by atoms with van der Waals surface area (Å²) in [6, 6.07) is 6.73. The molecule has 2 heterocycles. The number of hydrogen-bond donors (Lipinski definition) is 1. The van der Waals surface area contributed by atoms with Gasteiger partial charge in [0.05, 0.1) is 23.5 Å². The summed E-state index contributed by atoms with van der Waals surface area (Å²) in [4.78, 5) is 25.8. The average Bonchev–Trinajstić information content (AvgIpc) is 3.32. The number of nitrogens with one attached hydrogen (secondary N) is 1. The number of halogens is 1. The van der Waals surface area contributed by atoms with Gasteiger partial charge in [-0.25, -0.2) is 8.42 Å². The zero-order valence-corrected chi connectivity index (χ0v) is 17.8. The van der Waals surface area contributed by atoms with E-state index in [1.165, 1.54) is 12.3 Å². The van der Waals surface area contributed by atoms with Gasteiger partial charge in [0.1, 0.15) is 5.76 Å². The molecular weight excluding hydrogens is 448 g/mol. The van der Waals surface area contributed by atoms with E-state index in [4.69, 9.17) is 4.42 Å². The molecule has 7 nitrogen and oxygen atoms in total. The minimum absolute atomic E-state index is 0.0401. The SMILES string of the molecule is CCC(=O)N1CCc2cc(Br)c(S(=O)(=O)CCC(=O)NCc3ccco3)cc21. The van der Waals surface area contributed by atoms with Crippen molar-refractivity contribution in [1.29, 1.82) is 0 Å². The van der Waals surface area contributed by atoms with Crippen molar-refractivity contribution in [3.63, 3.8) is 0 Å². The van der Waals surface area contributed by atoms with Gasteiger partial charge in [0.2, 0.25) is 11.8 Å². The van der Waals surface area contributed by atoms with Crippen LogP contribution in [0.25, 0.3) is 0 Å². The molecule has 3 rings (SSSR count). The molecule has 0 radical (unpaired) electrons. The van der Waals surface area contributed by atoms with Crippen LogP contribution in [0, 0.1) is 0 Å². The van der Waals surface area contributed by atoms with Crippen molar-refractivity contribution in [1.82, 2.24) is 5.32 Å². The number of sulfone groups is 1. The molecule has 0 saturated carbocycles. The Kier molecular flexibility index (Phi) is 6.24. The molecule has 1 aliphatic heterocycles. The molecule has 0 bridgehead atoms. The summed E-state index contributed by atoms with van der Waals surface area (Å²) >= 11 is 3.33. The Labute approximate surface area is 172 Å². The van der Waals surface area contributed by atoms with E-state index in [1.807, 2.05) is 0 Å². The van der Waals surface area contributed by atoms with Crippen LogP contribution in [-0.2, 0) is 32.4 Å². The lowest BCUT2D eigenvalue weighted by molar-refractivity contribution is -0.121. The summed E-state index contributed by atoms with van der Waals surface area (Å²) in [6.45, 7) is 2.54. The van der Waals surface area contributed by atoms with Gasteiger partial charge >= 0.3 is 0 Å². The lowest BCUT2D eigenvalue weighted by Crippen LogP contribution is -2.28. The zero-order chi connectivity index (χ0) is 20.3. The van der Waals surface area contributed by atoms with Crippen LogP contribution in [0.4, 0.5) is 5.69 Å². The molecule has 1 aromatic heterocycles. The van der Waals surface area contributed by atoms with Crippen LogP contribution in [0.15, 0.2) is 44.3 Å². The summed E-state index contributed by atoms with van der Waals surface area (Å²) in [5, 5.41) is 2.63. The van der Waals surface area contributed by atoms with Gasteiger partial charge in [0.15, 0.2) is 9.84 Å². The van der Waals surface area contributed by atoms with Crippen molar-refractivity contribution in [3.8, 4) is 0 Å². The average molecular weight is 469 g/mol. The van der Waals surface area contributed by atoms with Crippen molar-refractivity contribution in [2.75, 3.05) is 17.2 Å². The first-order valence-corrected chi connectivity index (χ1v) is 11.4. The number of benzene rings is 1. The third-order valence-electron chi connectivity index (χ3n) is 4.61. The standard InChI is InChI=1S/C19H21BrN2O5S/c1-2-19(24)22-7-5-13-10-15(20)17(11-16(13)22)28(25,26)9-6-18(23)21-12-14-4-3-8-27-14/h3-4,8,10-11H,2,5-7,9,12H2,1H3,(H,21,23). The highest BCUT2D eigenvalue weighted by Gasteiger charge is 2.28. The number of amides is 2. The molecule has 0 spiro atoms. The third kappa shape index (κ3) is 4.47. The van der Waals surface area contributed by atoms with Crippen molar-refractivity contribution < 1.29 is 22.4 Å². The second-order valence-corrected chi connectivity index (χ2v) is 9.42. The van der Waals surface area contributed by atoms with Crippen LogP contribution >= 0.6 is 15.9 Å². The predicted molar refractivity (Wildman–Crippen MR) is 108 cm³/mol. The monoisotopic (exact) mass is 468 g/mol. The molecule has 28 heavy (non-hydrogen) atoms. The van der Waals surface area contributed by atoms with Crippen LogP contribution in [0.5, 0.6) is 0 Å². The fourth-order valence-electron chi connectivity index (χ4n) is 3.10. The van der Waals surface area contributed by atoms with Gasteiger partial charge in [0.25, 0.3) is 0 Å². The van der Waals surface area contributed by atoms with Gasteiger partial charge in [-0.15, -0.1) is 0 Å². The molecule has 150 valence electrons. The second-order valence-electron chi connectivity index (χ2n) is 6.49. The quantitative estimate of drug-likeness (QED) is 0.673. The van der Waals surface area contributed by atoms with E-state index in [0.717, 1.165) is 5.56 Å². The summed E-state index contributed by atoms with van der Waals surface area (Å²) < 4.78 is 31.2. The van der Waals surface area contributed by atoms with Gasteiger partial charge in [-0.05, 0) is 52.2 Å². The molecule has 0 aliphatic carbocycles. The smallest absolute Gasteiger partial charge is 0.226 e. The molecule has 9 heteroatoms. The second kappa shape index (κ2) is 8.48. The maximum atomic E-state index is 12.8. The van der Waals surface area contributed by atoms with Crippen LogP contribution in [-0.4, -0.2) is 32.5 Å². The fourth-order valence-corrected chi connectivity index (χ4v) is 5.55. The van der Waals surface area contributed by atoms with E-state index in [-0.39, 0.29) is 35.4 Å². The van der Waals surface area contributed by atoms with Crippen molar-refractivity contribution in [2.45, 2.75) is 37.6 Å². The molecule has 2 aromatic rings. The van der Waals surface area contributed by atoms with Gasteiger partial charge in [-0.1, -0.05) is 6.92 Å². The lowest BCUT2D eigenvalue weighted by atomic mass is 10.2. The first kappa shape index (κ1) is 20.6. The van der Waals surface area contributed by atoms with E-state index in [2.05, 4.69) is 21.2 Å². The number of carbonyl (C=O) groups is 2. The van der Waals surface area contributed by atoms with E-state index in [0.29, 0.717) is 35.3 Å². The highest BCUT2D eigenvalue weighted by atomic mass is 79.9. The van der Waals surface area contributed by atoms with Gasteiger partial charge in [0, 0.05) is 29.5 Å². The molecule has 2 amide bonds. The Bertz CT molecular complexity index is 986. The Hall–Kier alpha value is -2.13. The maximum absolute atomic E-state index is 12.8. The highest BCUT2D eigenvalue weighted by Crippen LogP contribution is 2.36. The van der Waals surface area contributed by atoms with Gasteiger partial charge in [-0.2, -0.15) is 0 Å². The van der Waals surface area contributed by atoms with E-state index in [1.54, 1.807) is 30.0 Å². The Morgan fingerprint density at radius 1 is 1.32 bits per heavy atom. The van der Waals surface area contributed by atoms with Gasteiger partial charge < -0.3 is 14.6 Å². The predicted octanol–water partition coefficient (Wildman–Crippen LogP) is 2.82. The largest absolute Gasteiger partial charge is 0.467 e. The Morgan fingerprint density at radius 2 is 2.11 bits per heavy atom. The lowest BCUT2D eigenvalue weighted by Gasteiger charge is -2.18. The highest BCUT2D eigenvalue weighted by molar-refractivity contribution is 9.10. The number of furan rings is 1. The summed E-state index contributed by atoms with van der Waals surface area (Å²) in [6.07, 6.45) is 2.39. The minimum atomic E-state index is -3.70. The zero-order valence-electron chi connectivity index (χ0n) is 15.4.